The van der Waals surface area contributed by atoms with Gasteiger partial charge in [0.25, 0.3) is 5.91 Å². The van der Waals surface area contributed by atoms with Crippen LogP contribution in [-0.4, -0.2) is 36.1 Å². The number of ether oxygens (including phenoxy) is 1. The molecule has 0 saturated carbocycles. The minimum Gasteiger partial charge on any atom is -0.461 e. The highest BCUT2D eigenvalue weighted by atomic mass is 16.5. The van der Waals surface area contributed by atoms with E-state index in [-0.39, 0.29) is 12.3 Å². The molecule has 0 fully saturated rings. The maximum absolute atomic E-state index is 11.3. The molecule has 0 aromatic rings. The van der Waals surface area contributed by atoms with E-state index in [0.717, 1.165) is 0 Å². The lowest BCUT2D eigenvalue weighted by Gasteiger charge is -2.09. The lowest BCUT2D eigenvalue weighted by atomic mass is 10.2. The first-order valence-electron chi connectivity index (χ1n) is 4.38. The van der Waals surface area contributed by atoms with Crippen LogP contribution in [0.2, 0.25) is 0 Å². The van der Waals surface area contributed by atoms with Gasteiger partial charge in [0.05, 0.1) is 6.61 Å². The first kappa shape index (κ1) is 11.2. The van der Waals surface area contributed by atoms with Crippen LogP contribution in [-0.2, 0) is 19.1 Å². The summed E-state index contributed by atoms with van der Waals surface area (Å²) in [5, 5.41) is 5.80. The molecule has 7 nitrogen and oxygen atoms in total. The molecule has 0 aromatic carbocycles. The number of carbonyl (C=O) groups excluding carboxylic acids is 3. The van der Waals surface area contributed by atoms with Crippen LogP contribution in [0.3, 0.4) is 0 Å². The molecule has 1 rings (SSSR count). The minimum absolute atomic E-state index is 0.128. The summed E-state index contributed by atoms with van der Waals surface area (Å²) < 4.78 is 4.67. The van der Waals surface area contributed by atoms with Gasteiger partial charge in [0.2, 0.25) is 5.91 Å². The van der Waals surface area contributed by atoms with E-state index >= 15 is 0 Å². The van der Waals surface area contributed by atoms with Gasteiger partial charge in [-0.2, -0.15) is 5.10 Å². The van der Waals surface area contributed by atoms with Crippen LogP contribution >= 0.6 is 0 Å². The monoisotopic (exact) mass is 213 g/mol. The maximum atomic E-state index is 11.3. The van der Waals surface area contributed by atoms with Gasteiger partial charge in [-0.1, -0.05) is 0 Å². The van der Waals surface area contributed by atoms with Crippen molar-refractivity contribution in [1.29, 1.82) is 0 Å². The fraction of sp³-hybridized carbons (Fsp3) is 0.500. The van der Waals surface area contributed by atoms with Crippen molar-refractivity contribution >= 4 is 23.5 Å². The van der Waals surface area contributed by atoms with E-state index < -0.39 is 23.8 Å². The Hall–Kier alpha value is -1.92. The van der Waals surface area contributed by atoms with Crippen LogP contribution in [0.25, 0.3) is 0 Å². The summed E-state index contributed by atoms with van der Waals surface area (Å²) in [6.45, 7) is 3.06. The Morgan fingerprint density at radius 2 is 2.27 bits per heavy atom. The quantitative estimate of drug-likeness (QED) is 0.560. The number of rotatable bonds is 3. The Bertz CT molecular complexity index is 337. The van der Waals surface area contributed by atoms with E-state index in [2.05, 4.69) is 20.6 Å². The Balaban J connectivity index is 2.74. The van der Waals surface area contributed by atoms with Gasteiger partial charge in [0, 0.05) is 6.92 Å². The van der Waals surface area contributed by atoms with E-state index in [1.54, 1.807) is 6.92 Å². The molecule has 0 radical (unpaired) electrons. The summed E-state index contributed by atoms with van der Waals surface area (Å²) in [4.78, 5) is 33.2. The number of hydrogen-bond acceptors (Lipinski definition) is 5. The molecule has 0 spiro atoms. The van der Waals surface area contributed by atoms with Gasteiger partial charge >= 0.3 is 5.97 Å². The van der Waals surface area contributed by atoms with Crippen molar-refractivity contribution in [1.82, 2.24) is 10.7 Å². The van der Waals surface area contributed by atoms with Gasteiger partial charge in [0.1, 0.15) is 0 Å². The predicted molar refractivity (Wildman–Crippen MR) is 49.8 cm³/mol. The zero-order valence-electron chi connectivity index (χ0n) is 8.36. The Morgan fingerprint density at radius 3 is 2.80 bits per heavy atom. The van der Waals surface area contributed by atoms with Crippen molar-refractivity contribution in [3.8, 4) is 0 Å². The molecule has 0 aliphatic carbocycles. The summed E-state index contributed by atoms with van der Waals surface area (Å²) in [7, 11) is 0. The van der Waals surface area contributed by atoms with Gasteiger partial charge in [0.15, 0.2) is 11.8 Å². The smallest absolute Gasteiger partial charge is 0.357 e. The largest absolute Gasteiger partial charge is 0.461 e. The Kier molecular flexibility index (Phi) is 3.37. The van der Waals surface area contributed by atoms with Crippen molar-refractivity contribution in [3.63, 3.8) is 0 Å². The second-order valence-electron chi connectivity index (χ2n) is 2.83. The number of nitrogens with one attached hydrogen (secondary N) is 2. The van der Waals surface area contributed by atoms with Gasteiger partial charge in [-0.15, -0.1) is 0 Å². The third kappa shape index (κ3) is 2.52. The summed E-state index contributed by atoms with van der Waals surface area (Å²) in [6.07, 6.45) is 0. The molecule has 7 heteroatoms. The molecular formula is C8H11N3O4. The van der Waals surface area contributed by atoms with E-state index in [9.17, 15) is 14.4 Å². The summed E-state index contributed by atoms with van der Waals surface area (Å²) in [5.74, 6) is -1.68. The molecule has 1 aliphatic heterocycles. The molecular weight excluding hydrogens is 202 g/mol. The van der Waals surface area contributed by atoms with Gasteiger partial charge in [-0.25, -0.2) is 10.2 Å². The highest BCUT2D eigenvalue weighted by Gasteiger charge is 2.36. The van der Waals surface area contributed by atoms with Gasteiger partial charge in [-0.05, 0) is 6.92 Å². The van der Waals surface area contributed by atoms with Crippen molar-refractivity contribution in [2.24, 2.45) is 5.10 Å². The highest BCUT2D eigenvalue weighted by Crippen LogP contribution is 2.00. The zero-order chi connectivity index (χ0) is 11.4. The third-order valence-electron chi connectivity index (χ3n) is 1.65. The summed E-state index contributed by atoms with van der Waals surface area (Å²) in [6, 6.07) is -1.05. The molecule has 82 valence electrons. The lowest BCUT2D eigenvalue weighted by molar-refractivity contribution is -0.135. The van der Waals surface area contributed by atoms with Gasteiger partial charge in [-0.3, -0.25) is 9.59 Å². The van der Waals surface area contributed by atoms with Crippen LogP contribution < -0.4 is 10.7 Å². The van der Waals surface area contributed by atoms with Gasteiger partial charge < -0.3 is 10.1 Å². The van der Waals surface area contributed by atoms with Crippen molar-refractivity contribution in [3.05, 3.63) is 0 Å². The molecule has 15 heavy (non-hydrogen) atoms. The molecule has 2 amide bonds. The standard InChI is InChI=1S/C8H11N3O4/c1-3-15-8(14)6-5(9-4(2)12)7(13)11-10-6/h5H,3H2,1-2H3,(H,9,12)(H,11,13). The topological polar surface area (TPSA) is 96.9 Å². The number of amides is 2. The van der Waals surface area contributed by atoms with E-state index in [4.69, 9.17) is 0 Å². The number of hydrogen-bond donors (Lipinski definition) is 2. The van der Waals surface area contributed by atoms with Crippen LogP contribution in [0.1, 0.15) is 13.8 Å². The van der Waals surface area contributed by atoms with Crippen LogP contribution in [0.15, 0.2) is 5.10 Å². The number of esters is 1. The molecule has 1 atom stereocenters. The molecule has 0 saturated heterocycles. The average molecular weight is 213 g/mol. The first-order valence-corrected chi connectivity index (χ1v) is 4.38. The average Bonchev–Trinajstić information content (AvgIpc) is 2.48. The summed E-state index contributed by atoms with van der Waals surface area (Å²) >= 11 is 0. The van der Waals surface area contributed by atoms with E-state index in [0.29, 0.717) is 0 Å². The maximum Gasteiger partial charge on any atom is 0.357 e. The first-order chi connectivity index (χ1) is 7.06. The second-order valence-corrected chi connectivity index (χ2v) is 2.83. The predicted octanol–water partition coefficient (Wildman–Crippen LogP) is -1.46. The fourth-order valence-electron chi connectivity index (χ4n) is 1.07. The number of nitrogens with zero attached hydrogens (tertiary/aromatic N) is 1. The minimum atomic E-state index is -1.05. The third-order valence-corrected chi connectivity index (χ3v) is 1.65. The molecule has 1 unspecified atom stereocenters. The molecule has 1 heterocycles. The van der Waals surface area contributed by atoms with Crippen LogP contribution in [0.5, 0.6) is 0 Å². The highest BCUT2D eigenvalue weighted by molar-refractivity contribution is 6.44. The second kappa shape index (κ2) is 4.54. The molecule has 0 bridgehead atoms. The van der Waals surface area contributed by atoms with E-state index in [1.807, 2.05) is 0 Å². The van der Waals surface area contributed by atoms with Crippen molar-refractivity contribution in [2.45, 2.75) is 19.9 Å². The van der Waals surface area contributed by atoms with Crippen molar-refractivity contribution in [2.75, 3.05) is 6.61 Å². The molecule has 1 aliphatic rings. The number of carbonyl (C=O) groups is 3. The molecule has 2 N–H and O–H groups in total. The molecule has 0 aromatic heterocycles. The van der Waals surface area contributed by atoms with Crippen molar-refractivity contribution < 1.29 is 19.1 Å². The normalized spacial score (nSPS) is 19.2. The number of hydrazone groups is 1. The van der Waals surface area contributed by atoms with Crippen LogP contribution in [0, 0.1) is 0 Å². The SMILES string of the molecule is CCOC(=O)C1=NNC(=O)C1NC(C)=O. The van der Waals surface area contributed by atoms with Crippen LogP contribution in [0.4, 0.5) is 0 Å². The Morgan fingerprint density at radius 1 is 1.60 bits per heavy atom. The lowest BCUT2D eigenvalue weighted by Crippen LogP contribution is -2.47. The Labute approximate surface area is 85.9 Å². The summed E-state index contributed by atoms with van der Waals surface area (Å²) in [5.41, 5.74) is 1.97. The zero-order valence-corrected chi connectivity index (χ0v) is 8.36. The van der Waals surface area contributed by atoms with E-state index in [1.165, 1.54) is 6.92 Å². The fourth-order valence-corrected chi connectivity index (χ4v) is 1.07.